The maximum atomic E-state index is 11.4. The Morgan fingerprint density at radius 2 is 1.93 bits per heavy atom. The van der Waals surface area contributed by atoms with Crippen LogP contribution in [0, 0.1) is 12.3 Å². The number of hydrogen-bond donors (Lipinski definition) is 2. The van der Waals surface area contributed by atoms with Crippen LogP contribution in [0.3, 0.4) is 0 Å². The van der Waals surface area contributed by atoms with Crippen LogP contribution in [0.2, 0.25) is 0 Å². The summed E-state index contributed by atoms with van der Waals surface area (Å²) in [5, 5.41) is 6.59. The van der Waals surface area contributed by atoms with E-state index in [1.54, 1.807) is 7.11 Å². The molecule has 0 saturated heterocycles. The van der Waals surface area contributed by atoms with E-state index in [9.17, 15) is 8.42 Å². The fourth-order valence-electron chi connectivity index (χ4n) is 2.59. The van der Waals surface area contributed by atoms with Crippen molar-refractivity contribution < 1.29 is 13.2 Å². The monoisotopic (exact) mass is 525 g/mol. The first-order valence-electron chi connectivity index (χ1n) is 9.40. The van der Waals surface area contributed by atoms with E-state index >= 15 is 0 Å². The molecular formula is C20H36IN3O3S. The number of nitrogens with one attached hydrogen (secondary N) is 2. The second-order valence-electron chi connectivity index (χ2n) is 7.73. The van der Waals surface area contributed by atoms with Gasteiger partial charge >= 0.3 is 0 Å². The van der Waals surface area contributed by atoms with Crippen LogP contribution < -0.4 is 15.4 Å². The number of rotatable bonds is 10. The highest BCUT2D eigenvalue weighted by molar-refractivity contribution is 14.0. The van der Waals surface area contributed by atoms with Crippen LogP contribution in [0.4, 0.5) is 0 Å². The molecule has 0 atom stereocenters. The molecule has 0 spiro atoms. The minimum Gasteiger partial charge on any atom is -0.496 e. The third-order valence-corrected chi connectivity index (χ3v) is 5.23. The predicted octanol–water partition coefficient (Wildman–Crippen LogP) is 3.18. The Kier molecular flexibility index (Phi) is 12.1. The Hall–Kier alpha value is -1.03. The lowest BCUT2D eigenvalue weighted by Gasteiger charge is -2.22. The molecule has 8 heteroatoms. The minimum absolute atomic E-state index is 0. The molecule has 0 heterocycles. The lowest BCUT2D eigenvalue weighted by molar-refractivity contribution is 0.365. The van der Waals surface area contributed by atoms with Crippen LogP contribution in [0.5, 0.6) is 5.75 Å². The van der Waals surface area contributed by atoms with E-state index in [0.29, 0.717) is 13.0 Å². The summed E-state index contributed by atoms with van der Waals surface area (Å²) in [6, 6.07) is 6.17. The molecule has 2 N–H and O–H groups in total. The number of ether oxygens (including phenoxy) is 1. The average molecular weight is 525 g/mol. The first-order chi connectivity index (χ1) is 12.6. The van der Waals surface area contributed by atoms with Gasteiger partial charge in [-0.15, -0.1) is 24.0 Å². The number of methoxy groups -OCH3 is 1. The van der Waals surface area contributed by atoms with E-state index in [-0.39, 0.29) is 35.1 Å². The van der Waals surface area contributed by atoms with Crippen LogP contribution >= 0.6 is 24.0 Å². The van der Waals surface area contributed by atoms with E-state index in [2.05, 4.69) is 28.6 Å². The van der Waals surface area contributed by atoms with E-state index in [0.717, 1.165) is 36.8 Å². The Balaban J connectivity index is 0.00000729. The second kappa shape index (κ2) is 12.5. The first-order valence-corrected chi connectivity index (χ1v) is 11.5. The lowest BCUT2D eigenvalue weighted by Crippen LogP contribution is -2.39. The summed E-state index contributed by atoms with van der Waals surface area (Å²) < 4.78 is 28.2. The Morgan fingerprint density at radius 1 is 1.25 bits per heavy atom. The van der Waals surface area contributed by atoms with Crippen molar-refractivity contribution in [3.8, 4) is 5.75 Å². The van der Waals surface area contributed by atoms with Gasteiger partial charge in [0.05, 0.1) is 12.9 Å². The highest BCUT2D eigenvalue weighted by Gasteiger charge is 2.20. The number of guanidine groups is 1. The fourth-order valence-corrected chi connectivity index (χ4v) is 3.52. The lowest BCUT2D eigenvalue weighted by atomic mass is 9.90. The maximum absolute atomic E-state index is 11.4. The zero-order valence-corrected chi connectivity index (χ0v) is 21.1. The van der Waals surface area contributed by atoms with Crippen LogP contribution in [-0.4, -0.2) is 53.1 Å². The molecule has 1 rings (SSSR count). The van der Waals surface area contributed by atoms with Gasteiger partial charge in [-0.1, -0.05) is 31.5 Å². The van der Waals surface area contributed by atoms with Crippen molar-refractivity contribution in [2.45, 2.75) is 40.5 Å². The van der Waals surface area contributed by atoms with Gasteiger partial charge in [0, 0.05) is 25.9 Å². The zero-order chi connectivity index (χ0) is 20.5. The summed E-state index contributed by atoms with van der Waals surface area (Å²) in [5.41, 5.74) is 2.19. The highest BCUT2D eigenvalue weighted by atomic mass is 127. The van der Waals surface area contributed by atoms with Crippen molar-refractivity contribution in [1.29, 1.82) is 0 Å². The number of nitrogens with zero attached hydrogens (tertiary/aromatic N) is 1. The predicted molar refractivity (Wildman–Crippen MR) is 129 cm³/mol. The Morgan fingerprint density at radius 3 is 2.50 bits per heavy atom. The van der Waals surface area contributed by atoms with Crippen LogP contribution in [-0.2, 0) is 16.3 Å². The van der Waals surface area contributed by atoms with Crippen molar-refractivity contribution in [2.24, 2.45) is 10.4 Å². The van der Waals surface area contributed by atoms with Crippen molar-refractivity contribution in [1.82, 2.24) is 10.6 Å². The summed E-state index contributed by atoms with van der Waals surface area (Å²) in [7, 11) is -1.27. The topological polar surface area (TPSA) is 79.8 Å². The molecule has 28 heavy (non-hydrogen) atoms. The summed E-state index contributed by atoms with van der Waals surface area (Å²) in [6.07, 6.45) is 2.69. The zero-order valence-electron chi connectivity index (χ0n) is 18.0. The molecule has 162 valence electrons. The summed E-state index contributed by atoms with van der Waals surface area (Å²) >= 11 is 0. The van der Waals surface area contributed by atoms with Crippen LogP contribution in [0.25, 0.3) is 0 Å². The molecule has 6 nitrogen and oxygen atoms in total. The third kappa shape index (κ3) is 11.1. The molecule has 0 saturated carbocycles. The summed E-state index contributed by atoms with van der Waals surface area (Å²) in [6.45, 7) is 10.2. The second-order valence-corrected chi connectivity index (χ2v) is 9.99. The molecule has 0 unspecified atom stereocenters. The van der Waals surface area contributed by atoms with Crippen LogP contribution in [0.15, 0.2) is 23.2 Å². The number of sulfone groups is 1. The van der Waals surface area contributed by atoms with Crippen molar-refractivity contribution in [3.05, 3.63) is 29.3 Å². The molecule has 1 aromatic carbocycles. The number of benzene rings is 1. The Bertz CT molecular complexity index is 734. The van der Waals surface area contributed by atoms with E-state index in [4.69, 9.17) is 4.74 Å². The third-order valence-electron chi connectivity index (χ3n) is 4.28. The molecule has 1 aromatic rings. The van der Waals surface area contributed by atoms with E-state index in [1.807, 2.05) is 32.9 Å². The molecule has 0 bridgehead atoms. The minimum atomic E-state index is -2.95. The quantitative estimate of drug-likeness (QED) is 0.279. The number of aryl methyl sites for hydroxylation is 1. The van der Waals surface area contributed by atoms with Gasteiger partial charge in [-0.3, -0.25) is 4.99 Å². The molecule has 0 aliphatic heterocycles. The van der Waals surface area contributed by atoms with Gasteiger partial charge in [0.25, 0.3) is 0 Å². The largest absolute Gasteiger partial charge is 0.496 e. The van der Waals surface area contributed by atoms with Gasteiger partial charge in [0.2, 0.25) is 0 Å². The van der Waals surface area contributed by atoms with Crippen molar-refractivity contribution in [2.75, 3.05) is 38.8 Å². The average Bonchev–Trinajstić information content (AvgIpc) is 2.58. The van der Waals surface area contributed by atoms with Gasteiger partial charge in [-0.05, 0) is 43.7 Å². The van der Waals surface area contributed by atoms with Gasteiger partial charge < -0.3 is 15.4 Å². The fraction of sp³-hybridized carbons (Fsp3) is 0.650. The molecule has 0 aliphatic rings. The van der Waals surface area contributed by atoms with Gasteiger partial charge in [0.15, 0.2) is 5.96 Å². The van der Waals surface area contributed by atoms with Crippen LogP contribution in [0.1, 0.15) is 38.3 Å². The summed E-state index contributed by atoms with van der Waals surface area (Å²) in [5.74, 6) is 1.83. The number of aliphatic imine (C=N–C) groups is 1. The maximum Gasteiger partial charge on any atom is 0.191 e. The van der Waals surface area contributed by atoms with E-state index in [1.165, 1.54) is 11.8 Å². The smallest absolute Gasteiger partial charge is 0.191 e. The van der Waals surface area contributed by atoms with Crippen molar-refractivity contribution >= 4 is 39.8 Å². The SMILES string of the molecule is CCNC(=NCC(C)(C)CCS(C)(=O)=O)NCCc1cc(C)ccc1OC.I. The molecule has 0 aromatic heterocycles. The molecule has 0 aliphatic carbocycles. The molecular weight excluding hydrogens is 489 g/mol. The summed E-state index contributed by atoms with van der Waals surface area (Å²) in [4.78, 5) is 4.65. The standard InChI is InChI=1S/C20H35N3O3S.HI/c1-7-21-19(23-15-20(3,4)11-13-27(6,24)25)22-12-10-17-14-16(2)8-9-18(17)26-5;/h8-9,14H,7,10-13,15H2,1-6H3,(H2,21,22,23);1H. The normalized spacial score (nSPS) is 12.3. The van der Waals surface area contributed by atoms with Crippen molar-refractivity contribution in [3.63, 3.8) is 0 Å². The molecule has 0 amide bonds. The first kappa shape index (κ1) is 27.0. The molecule has 0 radical (unpaired) electrons. The molecule has 0 fully saturated rings. The Labute approximate surface area is 187 Å². The highest BCUT2D eigenvalue weighted by Crippen LogP contribution is 2.22. The van der Waals surface area contributed by atoms with Gasteiger partial charge in [0.1, 0.15) is 15.6 Å². The van der Waals surface area contributed by atoms with Gasteiger partial charge in [-0.2, -0.15) is 0 Å². The van der Waals surface area contributed by atoms with Gasteiger partial charge in [-0.25, -0.2) is 8.42 Å². The van der Waals surface area contributed by atoms with E-state index < -0.39 is 9.84 Å². The number of halogens is 1. The number of hydrogen-bond acceptors (Lipinski definition) is 4.